The molecule has 0 aliphatic heterocycles. The van der Waals surface area contributed by atoms with Gasteiger partial charge in [0.2, 0.25) is 11.8 Å². The van der Waals surface area contributed by atoms with Gasteiger partial charge in [0.15, 0.2) is 0 Å². The number of benzene rings is 1. The maximum atomic E-state index is 11.0. The lowest BCUT2D eigenvalue weighted by Gasteiger charge is -2.31. The topological polar surface area (TPSA) is 54.6 Å². The first-order valence-electron chi connectivity index (χ1n) is 9.18. The first kappa shape index (κ1) is 13.9. The Kier molecular flexibility index (Phi) is 2.46. The van der Waals surface area contributed by atoms with Crippen molar-refractivity contribution in [3.8, 4) is 23.2 Å². The highest BCUT2D eigenvalue weighted by atomic mass is 16.5. The van der Waals surface area contributed by atoms with Crippen LogP contribution in [0.1, 0.15) is 35.8 Å². The fourth-order valence-corrected chi connectivity index (χ4v) is 6.60. The van der Waals surface area contributed by atoms with E-state index in [-0.39, 0.29) is 11.8 Å². The molecule has 2 saturated carbocycles. The smallest absolute Gasteiger partial charge is 0.202 e. The maximum absolute atomic E-state index is 11.0. The van der Waals surface area contributed by atoms with Gasteiger partial charge < -0.3 is 14.9 Å². The van der Waals surface area contributed by atoms with Gasteiger partial charge in [0, 0.05) is 11.1 Å². The van der Waals surface area contributed by atoms with Crippen molar-refractivity contribution >= 4 is 0 Å². The number of fused-ring (bicyclic) bond motifs is 12. The van der Waals surface area contributed by atoms with E-state index in [1.165, 1.54) is 6.42 Å². The molecule has 128 valence electrons. The van der Waals surface area contributed by atoms with Crippen molar-refractivity contribution in [3.05, 3.63) is 47.5 Å². The molecule has 4 aliphatic carbocycles. The Morgan fingerprint density at radius 3 is 2.12 bits per heavy atom. The summed E-state index contributed by atoms with van der Waals surface area (Å²) in [7, 11) is 1.61. The molecule has 1 heterocycles. The van der Waals surface area contributed by atoms with Gasteiger partial charge in [0.1, 0.15) is 5.75 Å². The standard InChI is InChI=1S/C21H21NO3/c1-25-15-5-3-2-4-14(15)22-20(23)18-12-9-13(19(18)21(22)24)17-11-7-6-10(8-11)16(12)17/h2-7,10-13,16-17,23-24H,8-9H2,1H3. The van der Waals surface area contributed by atoms with Gasteiger partial charge in [0.05, 0.1) is 12.8 Å². The molecule has 2 fully saturated rings. The Balaban J connectivity index is 1.55. The average Bonchev–Trinajstić information content (AvgIpc) is 3.40. The molecule has 0 radical (unpaired) electrons. The summed E-state index contributed by atoms with van der Waals surface area (Å²) in [5, 5.41) is 22.1. The lowest BCUT2D eigenvalue weighted by atomic mass is 9.72. The van der Waals surface area contributed by atoms with Crippen LogP contribution in [-0.2, 0) is 0 Å². The van der Waals surface area contributed by atoms with Crippen molar-refractivity contribution in [1.82, 2.24) is 4.57 Å². The molecule has 4 bridgehead atoms. The van der Waals surface area contributed by atoms with E-state index in [2.05, 4.69) is 12.2 Å². The van der Waals surface area contributed by atoms with Crippen LogP contribution >= 0.6 is 0 Å². The lowest BCUT2D eigenvalue weighted by Crippen LogP contribution is -2.24. The Morgan fingerprint density at radius 2 is 1.52 bits per heavy atom. The zero-order chi connectivity index (χ0) is 16.9. The Labute approximate surface area is 146 Å². The van der Waals surface area contributed by atoms with Crippen LogP contribution in [0, 0.1) is 23.7 Å². The first-order valence-corrected chi connectivity index (χ1v) is 9.18. The zero-order valence-electron chi connectivity index (χ0n) is 14.1. The number of aromatic nitrogens is 1. The number of rotatable bonds is 2. The number of allylic oxidation sites excluding steroid dienone is 2. The van der Waals surface area contributed by atoms with Crippen LogP contribution in [0.25, 0.3) is 5.69 Å². The minimum absolute atomic E-state index is 0.203. The number of hydrogen-bond acceptors (Lipinski definition) is 3. The fourth-order valence-electron chi connectivity index (χ4n) is 6.60. The summed E-state index contributed by atoms with van der Waals surface area (Å²) in [5.41, 5.74) is 2.69. The van der Waals surface area contributed by atoms with Gasteiger partial charge in [-0.15, -0.1) is 0 Å². The van der Waals surface area contributed by atoms with Gasteiger partial charge in [-0.3, -0.25) is 0 Å². The molecule has 4 heteroatoms. The van der Waals surface area contributed by atoms with Gasteiger partial charge in [-0.25, -0.2) is 4.57 Å². The van der Waals surface area contributed by atoms with Gasteiger partial charge in [-0.1, -0.05) is 24.3 Å². The molecule has 2 N–H and O–H groups in total. The molecule has 25 heavy (non-hydrogen) atoms. The van der Waals surface area contributed by atoms with Gasteiger partial charge >= 0.3 is 0 Å². The molecule has 6 unspecified atom stereocenters. The summed E-state index contributed by atoms with van der Waals surface area (Å²) >= 11 is 0. The predicted molar refractivity (Wildman–Crippen MR) is 93.5 cm³/mol. The largest absolute Gasteiger partial charge is 0.495 e. The normalized spacial score (nSPS) is 36.0. The third kappa shape index (κ3) is 1.46. The van der Waals surface area contributed by atoms with Crippen molar-refractivity contribution in [2.24, 2.45) is 23.7 Å². The highest BCUT2D eigenvalue weighted by Gasteiger charge is 2.62. The highest BCUT2D eigenvalue weighted by Crippen LogP contribution is 2.72. The van der Waals surface area contributed by atoms with Crippen molar-refractivity contribution in [3.63, 3.8) is 0 Å². The van der Waals surface area contributed by atoms with E-state index in [1.54, 1.807) is 11.7 Å². The van der Waals surface area contributed by atoms with Crippen molar-refractivity contribution in [2.45, 2.75) is 24.7 Å². The Hall–Kier alpha value is -2.36. The van der Waals surface area contributed by atoms with Crippen LogP contribution in [0.3, 0.4) is 0 Å². The number of methoxy groups -OCH3 is 1. The van der Waals surface area contributed by atoms with Crippen molar-refractivity contribution in [2.75, 3.05) is 7.11 Å². The molecule has 1 aromatic carbocycles. The number of ether oxygens (including phenoxy) is 1. The van der Waals surface area contributed by atoms with Crippen LogP contribution in [0.5, 0.6) is 17.5 Å². The number of nitrogens with zero attached hydrogens (tertiary/aromatic N) is 1. The second-order valence-corrected chi connectivity index (χ2v) is 8.03. The lowest BCUT2D eigenvalue weighted by molar-refractivity contribution is 0.298. The van der Waals surface area contributed by atoms with Crippen LogP contribution in [0.4, 0.5) is 0 Å². The third-order valence-corrected chi connectivity index (χ3v) is 7.28. The molecular weight excluding hydrogens is 314 g/mol. The van der Waals surface area contributed by atoms with E-state index in [4.69, 9.17) is 4.74 Å². The molecule has 0 amide bonds. The van der Waals surface area contributed by atoms with Crippen LogP contribution < -0.4 is 4.74 Å². The molecule has 1 aromatic heterocycles. The van der Waals surface area contributed by atoms with E-state index in [9.17, 15) is 10.2 Å². The monoisotopic (exact) mass is 335 g/mol. The predicted octanol–water partition coefficient (Wildman–Crippen LogP) is 3.92. The zero-order valence-corrected chi connectivity index (χ0v) is 14.1. The van der Waals surface area contributed by atoms with Gasteiger partial charge in [0.25, 0.3) is 0 Å². The van der Waals surface area contributed by atoms with E-state index in [0.29, 0.717) is 46.9 Å². The number of aromatic hydroxyl groups is 2. The second-order valence-electron chi connectivity index (χ2n) is 8.03. The van der Waals surface area contributed by atoms with E-state index < -0.39 is 0 Å². The summed E-state index contributed by atoms with van der Waals surface area (Å²) in [4.78, 5) is 0. The van der Waals surface area contributed by atoms with Crippen LogP contribution in [0.2, 0.25) is 0 Å². The summed E-state index contributed by atoms with van der Waals surface area (Å²) < 4.78 is 7.03. The van der Waals surface area contributed by atoms with Gasteiger partial charge in [-0.2, -0.15) is 0 Å². The minimum Gasteiger partial charge on any atom is -0.495 e. The molecule has 2 aromatic rings. The summed E-state index contributed by atoms with van der Waals surface area (Å²) in [5.74, 6) is 4.43. The summed E-state index contributed by atoms with van der Waals surface area (Å²) in [6, 6.07) is 7.52. The van der Waals surface area contributed by atoms with E-state index >= 15 is 0 Å². The van der Waals surface area contributed by atoms with Crippen LogP contribution in [0.15, 0.2) is 36.4 Å². The van der Waals surface area contributed by atoms with Crippen LogP contribution in [-0.4, -0.2) is 21.9 Å². The molecular formula is C21H21NO3. The molecule has 0 spiro atoms. The number of hydrogen-bond donors (Lipinski definition) is 2. The number of para-hydroxylation sites is 2. The molecule has 6 rings (SSSR count). The van der Waals surface area contributed by atoms with E-state index in [1.807, 2.05) is 24.3 Å². The quantitative estimate of drug-likeness (QED) is 0.646. The Morgan fingerprint density at radius 1 is 0.920 bits per heavy atom. The maximum Gasteiger partial charge on any atom is 0.202 e. The third-order valence-electron chi connectivity index (χ3n) is 7.28. The van der Waals surface area contributed by atoms with E-state index in [0.717, 1.165) is 17.5 Å². The minimum atomic E-state index is 0.203. The first-order chi connectivity index (χ1) is 12.2. The second kappa shape index (κ2) is 4.43. The molecule has 4 aliphatic rings. The van der Waals surface area contributed by atoms with Crippen molar-refractivity contribution < 1.29 is 14.9 Å². The summed E-state index contributed by atoms with van der Waals surface area (Å²) in [6.07, 6.45) is 7.13. The summed E-state index contributed by atoms with van der Waals surface area (Å²) in [6.45, 7) is 0. The highest BCUT2D eigenvalue weighted by molar-refractivity contribution is 5.63. The van der Waals surface area contributed by atoms with Crippen molar-refractivity contribution in [1.29, 1.82) is 0 Å². The molecule has 6 atom stereocenters. The average molecular weight is 335 g/mol. The molecule has 0 saturated heterocycles. The fraction of sp³-hybridized carbons (Fsp3) is 0.429. The molecule has 4 nitrogen and oxygen atoms in total. The SMILES string of the molecule is COc1ccccc1-n1c(O)c2c(c1O)C1CC2C2C3C=CC(C3)C12. The van der Waals surface area contributed by atoms with Gasteiger partial charge in [-0.05, 0) is 60.5 Å². The Bertz CT molecular complexity index is 880.